The lowest BCUT2D eigenvalue weighted by Crippen LogP contribution is -2.55. The van der Waals surface area contributed by atoms with E-state index in [0.717, 1.165) is 0 Å². The first kappa shape index (κ1) is 19.4. The highest BCUT2D eigenvalue weighted by Crippen LogP contribution is 2.42. The van der Waals surface area contributed by atoms with E-state index in [1.54, 1.807) is 4.90 Å². The van der Waals surface area contributed by atoms with Crippen molar-refractivity contribution < 1.29 is 27.4 Å². The minimum Gasteiger partial charge on any atom is -0.408 e. The fourth-order valence-electron chi connectivity index (χ4n) is 3.73. The van der Waals surface area contributed by atoms with Gasteiger partial charge in [0, 0.05) is 25.9 Å². The Bertz CT molecular complexity index is 619. The van der Waals surface area contributed by atoms with E-state index in [-0.39, 0.29) is 17.5 Å². The van der Waals surface area contributed by atoms with Gasteiger partial charge in [0.1, 0.15) is 6.42 Å². The second kappa shape index (κ2) is 6.67. The Balaban J connectivity index is 1.63. The Kier molecular flexibility index (Phi) is 4.98. The lowest BCUT2D eigenvalue weighted by Gasteiger charge is -2.50. The van der Waals surface area contributed by atoms with Gasteiger partial charge in [-0.2, -0.15) is 13.2 Å². The summed E-state index contributed by atoms with van der Waals surface area (Å²) in [5.41, 5.74) is -0.467. The largest absolute Gasteiger partial charge is 0.408 e. The van der Waals surface area contributed by atoms with Gasteiger partial charge in [-0.1, -0.05) is 25.9 Å². The molecule has 2 aliphatic rings. The van der Waals surface area contributed by atoms with Gasteiger partial charge in [0.2, 0.25) is 5.89 Å². The molecular weight excluding hydrogens is 351 g/mol. The number of aromatic nitrogens is 2. The number of hydrogen-bond acceptors (Lipinski definition) is 6. The van der Waals surface area contributed by atoms with Crippen LogP contribution in [-0.4, -0.2) is 52.4 Å². The van der Waals surface area contributed by atoms with Crippen LogP contribution in [-0.2, 0) is 11.2 Å². The van der Waals surface area contributed by atoms with Crippen molar-refractivity contribution in [3.63, 3.8) is 0 Å². The summed E-state index contributed by atoms with van der Waals surface area (Å²) in [4.78, 5) is 1.79. The Morgan fingerprint density at radius 2 is 1.85 bits per heavy atom. The number of anilines is 1. The topological polar surface area (TPSA) is 71.6 Å². The van der Waals surface area contributed by atoms with Crippen LogP contribution in [0.4, 0.5) is 19.2 Å². The van der Waals surface area contributed by atoms with E-state index in [1.807, 2.05) is 0 Å². The maximum absolute atomic E-state index is 12.4. The molecule has 0 saturated carbocycles. The third-order valence-electron chi connectivity index (χ3n) is 5.21. The number of ether oxygens (including phenoxy) is 1. The van der Waals surface area contributed by atoms with E-state index in [4.69, 9.17) is 9.15 Å². The number of halogens is 3. The van der Waals surface area contributed by atoms with E-state index < -0.39 is 30.2 Å². The molecule has 1 N–H and O–H groups in total. The van der Waals surface area contributed by atoms with E-state index in [0.29, 0.717) is 38.8 Å². The van der Waals surface area contributed by atoms with Gasteiger partial charge in [0.25, 0.3) is 0 Å². The molecule has 3 rings (SSSR count). The Morgan fingerprint density at radius 1 is 1.19 bits per heavy atom. The van der Waals surface area contributed by atoms with Crippen LogP contribution in [0.1, 0.15) is 52.3 Å². The fourth-order valence-corrected chi connectivity index (χ4v) is 3.73. The molecule has 148 valence electrons. The molecule has 2 aliphatic heterocycles. The molecule has 3 heterocycles. The van der Waals surface area contributed by atoms with Crippen LogP contribution in [0.15, 0.2) is 4.42 Å². The molecule has 0 aromatic carbocycles. The second-order valence-corrected chi connectivity index (χ2v) is 8.51. The van der Waals surface area contributed by atoms with Crippen LogP contribution >= 0.6 is 0 Å². The first-order valence-electron chi connectivity index (χ1n) is 8.96. The predicted molar refractivity (Wildman–Crippen MR) is 87.8 cm³/mol. The molecule has 0 radical (unpaired) electrons. The molecule has 0 bridgehead atoms. The Hall–Kier alpha value is -1.35. The molecule has 2 saturated heterocycles. The van der Waals surface area contributed by atoms with Gasteiger partial charge in [-0.15, -0.1) is 5.10 Å². The highest BCUT2D eigenvalue weighted by Gasteiger charge is 2.46. The summed E-state index contributed by atoms with van der Waals surface area (Å²) in [6.45, 7) is 7.37. The Morgan fingerprint density at radius 3 is 2.42 bits per heavy atom. The molecule has 0 unspecified atom stereocenters. The molecular formula is C17H26F3N3O3. The fraction of sp³-hybridized carbons (Fsp3) is 0.882. The monoisotopic (exact) mass is 377 g/mol. The summed E-state index contributed by atoms with van der Waals surface area (Å²) in [6, 6.07) is 0.114. The molecule has 6 nitrogen and oxygen atoms in total. The van der Waals surface area contributed by atoms with Crippen molar-refractivity contribution in [2.24, 2.45) is 5.41 Å². The number of aliphatic hydroxyl groups excluding tert-OH is 1. The Labute approximate surface area is 150 Å². The number of aliphatic hydroxyl groups is 1. The maximum Gasteiger partial charge on any atom is 0.397 e. The zero-order valence-corrected chi connectivity index (χ0v) is 15.3. The standard InChI is InChI=1S/C17H26F3N3O3/c1-15(2,3)12-8-11(24)9-16(26-12)4-6-23(7-5-16)14-22-21-13(25-14)10-17(18,19)20/h11-12,24H,4-10H2,1-3H3/t11-,12-/m1/s1. The highest BCUT2D eigenvalue weighted by atomic mass is 19.4. The zero-order chi connectivity index (χ0) is 19.2. The molecule has 26 heavy (non-hydrogen) atoms. The van der Waals surface area contributed by atoms with Gasteiger partial charge in [-0.25, -0.2) is 0 Å². The molecule has 2 fully saturated rings. The molecule has 0 aliphatic carbocycles. The van der Waals surface area contributed by atoms with Crippen LogP contribution < -0.4 is 4.90 Å². The van der Waals surface area contributed by atoms with Crippen LogP contribution in [0, 0.1) is 5.41 Å². The molecule has 1 aromatic heterocycles. The second-order valence-electron chi connectivity index (χ2n) is 8.51. The van der Waals surface area contributed by atoms with Gasteiger partial charge in [-0.3, -0.25) is 0 Å². The maximum atomic E-state index is 12.4. The van der Waals surface area contributed by atoms with Crippen LogP contribution in [0.3, 0.4) is 0 Å². The number of alkyl halides is 3. The van der Waals surface area contributed by atoms with E-state index >= 15 is 0 Å². The zero-order valence-electron chi connectivity index (χ0n) is 15.3. The summed E-state index contributed by atoms with van der Waals surface area (Å²) >= 11 is 0. The smallest absolute Gasteiger partial charge is 0.397 e. The highest BCUT2D eigenvalue weighted by molar-refractivity contribution is 5.26. The molecule has 2 atom stereocenters. The number of piperidine rings is 1. The lowest BCUT2D eigenvalue weighted by molar-refractivity contribution is -0.199. The van der Waals surface area contributed by atoms with Crippen LogP contribution in [0.2, 0.25) is 0 Å². The predicted octanol–water partition coefficient (Wildman–Crippen LogP) is 3.10. The number of nitrogens with zero attached hydrogens (tertiary/aromatic N) is 3. The SMILES string of the molecule is CC(C)(C)[C@H]1C[C@@H](O)CC2(CCN(c3nnc(CC(F)(F)F)o3)CC2)O1. The minimum absolute atomic E-state index is 0.0282. The first-order valence-corrected chi connectivity index (χ1v) is 8.96. The van der Waals surface area contributed by atoms with E-state index in [2.05, 4.69) is 31.0 Å². The van der Waals surface area contributed by atoms with Gasteiger partial charge in [0.15, 0.2) is 0 Å². The average molecular weight is 377 g/mol. The first-order chi connectivity index (χ1) is 12.0. The van der Waals surface area contributed by atoms with Crippen LogP contribution in [0.5, 0.6) is 0 Å². The molecule has 1 aromatic rings. The van der Waals surface area contributed by atoms with Crippen molar-refractivity contribution in [3.8, 4) is 0 Å². The van der Waals surface area contributed by atoms with Crippen molar-refractivity contribution in [1.29, 1.82) is 0 Å². The van der Waals surface area contributed by atoms with Gasteiger partial charge >= 0.3 is 12.2 Å². The van der Waals surface area contributed by atoms with Crippen LogP contribution in [0.25, 0.3) is 0 Å². The summed E-state index contributed by atoms with van der Waals surface area (Å²) in [5.74, 6) is -0.426. The van der Waals surface area contributed by atoms with Gasteiger partial charge in [0.05, 0.1) is 17.8 Å². The summed E-state index contributed by atoms with van der Waals surface area (Å²) in [7, 11) is 0. The summed E-state index contributed by atoms with van der Waals surface area (Å²) in [6.07, 6.45) is -3.50. The van der Waals surface area contributed by atoms with Gasteiger partial charge < -0.3 is 19.2 Å². The normalized spacial score (nSPS) is 27.1. The van der Waals surface area contributed by atoms with Crippen molar-refractivity contribution in [3.05, 3.63) is 5.89 Å². The summed E-state index contributed by atoms with van der Waals surface area (Å²) < 4.78 is 48.8. The summed E-state index contributed by atoms with van der Waals surface area (Å²) in [5, 5.41) is 17.5. The van der Waals surface area contributed by atoms with E-state index in [9.17, 15) is 18.3 Å². The minimum atomic E-state index is -4.37. The molecule has 1 spiro atoms. The number of rotatable bonds is 2. The van der Waals surface area contributed by atoms with E-state index in [1.165, 1.54) is 0 Å². The van der Waals surface area contributed by atoms with Crippen molar-refractivity contribution >= 4 is 6.01 Å². The average Bonchev–Trinajstić information content (AvgIpc) is 2.92. The van der Waals surface area contributed by atoms with Crippen molar-refractivity contribution in [2.75, 3.05) is 18.0 Å². The quantitative estimate of drug-likeness (QED) is 0.854. The third kappa shape index (κ3) is 4.49. The third-order valence-corrected chi connectivity index (χ3v) is 5.21. The number of hydrogen-bond donors (Lipinski definition) is 1. The van der Waals surface area contributed by atoms with Crippen molar-refractivity contribution in [1.82, 2.24) is 10.2 Å². The van der Waals surface area contributed by atoms with Crippen molar-refractivity contribution in [2.45, 2.75) is 76.9 Å². The lowest BCUT2D eigenvalue weighted by atomic mass is 9.76. The molecule has 9 heteroatoms. The van der Waals surface area contributed by atoms with Gasteiger partial charge in [-0.05, 0) is 18.3 Å². The molecule has 0 amide bonds.